The summed E-state index contributed by atoms with van der Waals surface area (Å²) in [4.78, 5) is 2.51. The van der Waals surface area contributed by atoms with Crippen LogP contribution in [0.25, 0.3) is 0 Å². The van der Waals surface area contributed by atoms with Gasteiger partial charge < -0.3 is 4.74 Å². The molecule has 0 amide bonds. The van der Waals surface area contributed by atoms with E-state index in [1.807, 2.05) is 0 Å². The Labute approximate surface area is 81.3 Å². The molecule has 2 aliphatic heterocycles. The van der Waals surface area contributed by atoms with Gasteiger partial charge in [0, 0.05) is 0 Å². The molecule has 1 atom stereocenters. The molecule has 2 heteroatoms. The van der Waals surface area contributed by atoms with Gasteiger partial charge in [0.05, 0.1) is 18.8 Å². The molecule has 13 heavy (non-hydrogen) atoms. The standard InChI is InChI=1S/C11H21NO/c1-9(2)10-4-5-12(3)11(6-10)7-13-8-11/h9-10H,4-8H2,1-3H3. The highest BCUT2D eigenvalue weighted by Gasteiger charge is 2.46. The highest BCUT2D eigenvalue weighted by Crippen LogP contribution is 2.39. The number of piperidine rings is 1. The van der Waals surface area contributed by atoms with Crippen molar-refractivity contribution >= 4 is 0 Å². The summed E-state index contributed by atoms with van der Waals surface area (Å²) in [6, 6.07) is 0. The fraction of sp³-hybridized carbons (Fsp3) is 1.00. The minimum absolute atomic E-state index is 0.424. The highest BCUT2D eigenvalue weighted by molar-refractivity contribution is 5.00. The lowest BCUT2D eigenvalue weighted by molar-refractivity contribution is -0.160. The number of hydrogen-bond donors (Lipinski definition) is 0. The number of likely N-dealkylation sites (tertiary alicyclic amines) is 1. The summed E-state index contributed by atoms with van der Waals surface area (Å²) < 4.78 is 5.37. The van der Waals surface area contributed by atoms with Gasteiger partial charge in [0.1, 0.15) is 0 Å². The third kappa shape index (κ3) is 1.50. The van der Waals surface area contributed by atoms with Crippen LogP contribution in [0.5, 0.6) is 0 Å². The van der Waals surface area contributed by atoms with Crippen LogP contribution in [0.2, 0.25) is 0 Å². The number of ether oxygens (including phenoxy) is 1. The summed E-state index contributed by atoms with van der Waals surface area (Å²) >= 11 is 0. The second kappa shape index (κ2) is 3.25. The van der Waals surface area contributed by atoms with Gasteiger partial charge in [-0.2, -0.15) is 0 Å². The Bertz CT molecular complexity index is 187. The number of hydrogen-bond acceptors (Lipinski definition) is 2. The van der Waals surface area contributed by atoms with Crippen LogP contribution in [-0.4, -0.2) is 37.2 Å². The molecule has 1 unspecified atom stereocenters. The fourth-order valence-corrected chi connectivity index (χ4v) is 2.59. The third-order valence-electron chi connectivity index (χ3n) is 3.97. The summed E-state index contributed by atoms with van der Waals surface area (Å²) in [5, 5.41) is 0. The first-order valence-corrected chi connectivity index (χ1v) is 5.43. The summed E-state index contributed by atoms with van der Waals surface area (Å²) in [6.07, 6.45) is 2.72. The normalized spacial score (nSPS) is 33.7. The average Bonchev–Trinajstić information content (AvgIpc) is 2.02. The Kier molecular flexibility index (Phi) is 2.37. The van der Waals surface area contributed by atoms with Gasteiger partial charge in [-0.25, -0.2) is 0 Å². The van der Waals surface area contributed by atoms with E-state index >= 15 is 0 Å². The van der Waals surface area contributed by atoms with Crippen molar-refractivity contribution in [1.29, 1.82) is 0 Å². The van der Waals surface area contributed by atoms with Crippen LogP contribution in [0.1, 0.15) is 26.7 Å². The first-order valence-electron chi connectivity index (χ1n) is 5.43. The lowest BCUT2D eigenvalue weighted by Crippen LogP contribution is -2.64. The topological polar surface area (TPSA) is 12.5 Å². The van der Waals surface area contributed by atoms with E-state index in [1.54, 1.807) is 0 Å². The van der Waals surface area contributed by atoms with Gasteiger partial charge in [0.2, 0.25) is 0 Å². The molecule has 0 aromatic rings. The Hall–Kier alpha value is -0.0800. The van der Waals surface area contributed by atoms with Crippen molar-refractivity contribution in [2.75, 3.05) is 26.8 Å². The second-order valence-corrected chi connectivity index (χ2v) is 5.14. The average molecular weight is 183 g/mol. The molecule has 2 fully saturated rings. The fourth-order valence-electron chi connectivity index (χ4n) is 2.59. The molecule has 0 N–H and O–H groups in total. The van der Waals surface area contributed by atoms with Gasteiger partial charge in [0.15, 0.2) is 0 Å². The molecule has 0 radical (unpaired) electrons. The maximum absolute atomic E-state index is 5.37. The van der Waals surface area contributed by atoms with E-state index in [1.165, 1.54) is 19.4 Å². The van der Waals surface area contributed by atoms with Crippen molar-refractivity contribution in [2.24, 2.45) is 11.8 Å². The number of rotatable bonds is 1. The van der Waals surface area contributed by atoms with E-state index in [0.717, 1.165) is 25.0 Å². The predicted octanol–water partition coefficient (Wildman–Crippen LogP) is 1.75. The van der Waals surface area contributed by atoms with Crippen LogP contribution in [-0.2, 0) is 4.74 Å². The van der Waals surface area contributed by atoms with Gasteiger partial charge >= 0.3 is 0 Å². The smallest absolute Gasteiger partial charge is 0.0678 e. The van der Waals surface area contributed by atoms with Crippen molar-refractivity contribution in [3.63, 3.8) is 0 Å². The van der Waals surface area contributed by atoms with E-state index in [-0.39, 0.29) is 0 Å². The van der Waals surface area contributed by atoms with Crippen molar-refractivity contribution in [3.05, 3.63) is 0 Å². The van der Waals surface area contributed by atoms with Crippen LogP contribution in [0, 0.1) is 11.8 Å². The summed E-state index contributed by atoms with van der Waals surface area (Å²) in [5.74, 6) is 1.76. The van der Waals surface area contributed by atoms with Crippen molar-refractivity contribution in [2.45, 2.75) is 32.2 Å². The van der Waals surface area contributed by atoms with Gasteiger partial charge in [-0.3, -0.25) is 4.90 Å². The zero-order valence-electron chi connectivity index (χ0n) is 9.05. The maximum Gasteiger partial charge on any atom is 0.0678 e. The number of nitrogens with zero attached hydrogens (tertiary/aromatic N) is 1. The molecule has 2 saturated heterocycles. The van der Waals surface area contributed by atoms with Crippen LogP contribution in [0.3, 0.4) is 0 Å². The van der Waals surface area contributed by atoms with Crippen LogP contribution in [0.15, 0.2) is 0 Å². The molecule has 2 nitrogen and oxygen atoms in total. The Morgan fingerprint density at radius 3 is 2.54 bits per heavy atom. The first-order chi connectivity index (χ1) is 6.14. The molecule has 0 saturated carbocycles. The molecular weight excluding hydrogens is 162 g/mol. The minimum atomic E-state index is 0.424. The zero-order chi connectivity index (χ0) is 9.47. The predicted molar refractivity (Wildman–Crippen MR) is 53.7 cm³/mol. The summed E-state index contributed by atoms with van der Waals surface area (Å²) in [6.45, 7) is 7.89. The van der Waals surface area contributed by atoms with Crippen LogP contribution in [0.4, 0.5) is 0 Å². The molecule has 0 aliphatic carbocycles. The van der Waals surface area contributed by atoms with E-state index in [9.17, 15) is 0 Å². The molecule has 0 aromatic carbocycles. The maximum atomic E-state index is 5.37. The zero-order valence-corrected chi connectivity index (χ0v) is 9.05. The molecule has 0 bridgehead atoms. The molecule has 1 spiro atoms. The first kappa shape index (κ1) is 9.47. The molecular formula is C11H21NO. The van der Waals surface area contributed by atoms with Gasteiger partial charge in [0.25, 0.3) is 0 Å². The van der Waals surface area contributed by atoms with E-state index in [2.05, 4.69) is 25.8 Å². The lowest BCUT2D eigenvalue weighted by Gasteiger charge is -2.53. The molecule has 2 rings (SSSR count). The van der Waals surface area contributed by atoms with E-state index in [4.69, 9.17) is 4.74 Å². The lowest BCUT2D eigenvalue weighted by atomic mass is 9.75. The highest BCUT2D eigenvalue weighted by atomic mass is 16.5. The summed E-state index contributed by atoms with van der Waals surface area (Å²) in [5.41, 5.74) is 0.424. The largest absolute Gasteiger partial charge is 0.377 e. The molecule has 0 aromatic heterocycles. The molecule has 76 valence electrons. The number of likely N-dealkylation sites (N-methyl/N-ethyl adjacent to an activating group) is 1. The monoisotopic (exact) mass is 183 g/mol. The molecule has 2 aliphatic rings. The van der Waals surface area contributed by atoms with Crippen molar-refractivity contribution in [1.82, 2.24) is 4.90 Å². The Morgan fingerprint density at radius 2 is 2.08 bits per heavy atom. The van der Waals surface area contributed by atoms with Crippen LogP contribution >= 0.6 is 0 Å². The van der Waals surface area contributed by atoms with Crippen molar-refractivity contribution in [3.8, 4) is 0 Å². The second-order valence-electron chi connectivity index (χ2n) is 5.14. The van der Waals surface area contributed by atoms with Crippen molar-refractivity contribution < 1.29 is 4.74 Å². The Balaban J connectivity index is 2.01. The van der Waals surface area contributed by atoms with Gasteiger partial charge in [-0.15, -0.1) is 0 Å². The molecule has 2 heterocycles. The Morgan fingerprint density at radius 1 is 1.38 bits per heavy atom. The quantitative estimate of drug-likeness (QED) is 0.614. The SMILES string of the molecule is CC(C)C1CCN(C)C2(COC2)C1. The minimum Gasteiger partial charge on any atom is -0.377 e. The van der Waals surface area contributed by atoms with Gasteiger partial charge in [-0.05, 0) is 38.3 Å². The third-order valence-corrected chi connectivity index (χ3v) is 3.97. The van der Waals surface area contributed by atoms with Crippen LogP contribution < -0.4 is 0 Å². The van der Waals surface area contributed by atoms with E-state index < -0.39 is 0 Å². The summed E-state index contributed by atoms with van der Waals surface area (Å²) in [7, 11) is 2.25. The van der Waals surface area contributed by atoms with E-state index in [0.29, 0.717) is 5.54 Å². The van der Waals surface area contributed by atoms with Gasteiger partial charge in [-0.1, -0.05) is 13.8 Å².